The zero-order valence-corrected chi connectivity index (χ0v) is 15.7. The van der Waals surface area contributed by atoms with Gasteiger partial charge in [-0.25, -0.2) is 8.42 Å². The van der Waals surface area contributed by atoms with Crippen molar-refractivity contribution >= 4 is 33.2 Å². The third kappa shape index (κ3) is 4.00. The van der Waals surface area contributed by atoms with Gasteiger partial charge in [0.1, 0.15) is 0 Å². The molecule has 2 heterocycles. The van der Waals surface area contributed by atoms with Gasteiger partial charge in [-0.15, -0.1) is 12.3 Å². The van der Waals surface area contributed by atoms with Crippen LogP contribution in [0.15, 0.2) is 28.4 Å². The van der Waals surface area contributed by atoms with Crippen molar-refractivity contribution in [2.24, 2.45) is 10.2 Å². The molecule has 0 bridgehead atoms. The largest absolute Gasteiger partial charge is 0.352 e. The van der Waals surface area contributed by atoms with Crippen molar-refractivity contribution in [2.75, 3.05) is 23.1 Å². The van der Waals surface area contributed by atoms with Crippen LogP contribution in [0.5, 0.6) is 0 Å². The second kappa shape index (κ2) is 7.25. The van der Waals surface area contributed by atoms with Crippen LogP contribution in [0, 0.1) is 12.3 Å². The van der Waals surface area contributed by atoms with Crippen LogP contribution in [0.25, 0.3) is 0 Å². The summed E-state index contributed by atoms with van der Waals surface area (Å²) >= 11 is 6.20. The Morgan fingerprint density at radius 1 is 1.38 bits per heavy atom. The Labute approximate surface area is 157 Å². The van der Waals surface area contributed by atoms with E-state index >= 15 is 0 Å². The van der Waals surface area contributed by atoms with Gasteiger partial charge in [-0.2, -0.15) is 10.2 Å². The predicted octanol–water partition coefficient (Wildman–Crippen LogP) is 2.58. The Morgan fingerprint density at radius 3 is 2.73 bits per heavy atom. The lowest BCUT2D eigenvalue weighted by molar-refractivity contribution is 0.0952. The molecule has 2 aliphatic heterocycles. The molecule has 0 saturated carbocycles. The van der Waals surface area contributed by atoms with Crippen molar-refractivity contribution in [3.63, 3.8) is 0 Å². The number of anilines is 1. The highest BCUT2D eigenvalue weighted by atomic mass is 35.5. The first-order valence-electron chi connectivity index (χ1n) is 8.33. The highest BCUT2D eigenvalue weighted by molar-refractivity contribution is 7.93. The van der Waals surface area contributed by atoms with Crippen LogP contribution < -0.4 is 9.62 Å². The van der Waals surface area contributed by atoms with Gasteiger partial charge in [0.25, 0.3) is 5.91 Å². The van der Waals surface area contributed by atoms with E-state index in [1.807, 2.05) is 0 Å². The van der Waals surface area contributed by atoms with Gasteiger partial charge in [-0.1, -0.05) is 11.6 Å². The predicted molar refractivity (Wildman–Crippen MR) is 99.8 cm³/mol. The van der Waals surface area contributed by atoms with E-state index in [2.05, 4.69) is 21.5 Å². The van der Waals surface area contributed by atoms with E-state index in [1.54, 1.807) is 12.1 Å². The summed E-state index contributed by atoms with van der Waals surface area (Å²) in [5.74, 6) is 2.37. The topological polar surface area (TPSA) is 91.2 Å². The molecule has 2 aliphatic rings. The average molecular weight is 395 g/mol. The maximum atomic E-state index is 12.3. The summed E-state index contributed by atoms with van der Waals surface area (Å²) in [4.78, 5) is 12.3. The van der Waals surface area contributed by atoms with Crippen LogP contribution in [0.4, 0.5) is 5.69 Å². The summed E-state index contributed by atoms with van der Waals surface area (Å²) < 4.78 is 25.3. The fourth-order valence-corrected chi connectivity index (χ4v) is 4.73. The van der Waals surface area contributed by atoms with Gasteiger partial charge < -0.3 is 5.32 Å². The maximum Gasteiger partial charge on any atom is 0.252 e. The Morgan fingerprint density at radius 2 is 2.15 bits per heavy atom. The second-order valence-electron chi connectivity index (χ2n) is 6.30. The third-order valence-electron chi connectivity index (χ3n) is 4.45. The van der Waals surface area contributed by atoms with Crippen molar-refractivity contribution in [3.05, 3.63) is 28.8 Å². The first-order valence-corrected chi connectivity index (χ1v) is 10.3. The van der Waals surface area contributed by atoms with Crippen molar-refractivity contribution < 1.29 is 13.2 Å². The number of nitrogens with zero attached hydrogens (tertiary/aromatic N) is 3. The molecule has 9 heteroatoms. The molecule has 1 aromatic carbocycles. The molecule has 7 nitrogen and oxygen atoms in total. The molecule has 0 aromatic heterocycles. The molecule has 0 spiro atoms. The Bertz CT molecular complexity index is 886. The zero-order valence-electron chi connectivity index (χ0n) is 14.1. The van der Waals surface area contributed by atoms with Crippen molar-refractivity contribution in [1.29, 1.82) is 0 Å². The first kappa shape index (κ1) is 18.7. The minimum Gasteiger partial charge on any atom is -0.352 e. The molecule has 1 saturated heterocycles. The molecule has 0 aliphatic carbocycles. The van der Waals surface area contributed by atoms with E-state index in [0.29, 0.717) is 50.0 Å². The normalized spacial score (nSPS) is 19.2. The Balaban J connectivity index is 1.59. The standard InChI is InChI=1S/C17H19ClN4O3S/c1-2-3-7-17(20-21-17)8-9-19-16(23)14-6-5-13(12-15(14)18)22-10-4-11-26(22,24)25/h1,5-6,12H,3-4,7-11H2,(H,19,23). The number of hydrogen-bond donors (Lipinski definition) is 1. The molecule has 1 amide bonds. The number of benzene rings is 1. The SMILES string of the molecule is C#CCCC1(CCNC(=O)c2ccc(N3CCCS3(=O)=O)cc2Cl)N=N1. The molecule has 1 fully saturated rings. The van der Waals surface area contributed by atoms with E-state index in [4.69, 9.17) is 18.0 Å². The van der Waals surface area contributed by atoms with Gasteiger partial charge in [0.05, 0.1) is 22.0 Å². The number of amides is 1. The zero-order chi connectivity index (χ0) is 18.8. The lowest BCUT2D eigenvalue weighted by Crippen LogP contribution is -2.29. The Kier molecular flexibility index (Phi) is 5.21. The van der Waals surface area contributed by atoms with E-state index in [1.165, 1.54) is 10.4 Å². The van der Waals surface area contributed by atoms with Crippen LogP contribution in [-0.2, 0) is 10.0 Å². The van der Waals surface area contributed by atoms with Crippen LogP contribution >= 0.6 is 11.6 Å². The molecular formula is C17H19ClN4O3S. The van der Waals surface area contributed by atoms with E-state index in [9.17, 15) is 13.2 Å². The number of carbonyl (C=O) groups excluding carboxylic acids is 1. The van der Waals surface area contributed by atoms with E-state index in [-0.39, 0.29) is 16.7 Å². The number of rotatable bonds is 7. The van der Waals surface area contributed by atoms with Crippen molar-refractivity contribution in [1.82, 2.24) is 5.32 Å². The third-order valence-corrected chi connectivity index (χ3v) is 6.63. The minimum absolute atomic E-state index is 0.129. The Hall–Kier alpha value is -2.11. The smallest absolute Gasteiger partial charge is 0.252 e. The molecule has 1 N–H and O–H groups in total. The van der Waals surface area contributed by atoms with Crippen LogP contribution in [0.2, 0.25) is 5.02 Å². The number of terminal acetylenes is 1. The summed E-state index contributed by atoms with van der Waals surface area (Å²) in [6.07, 6.45) is 7.69. The molecule has 26 heavy (non-hydrogen) atoms. The summed E-state index contributed by atoms with van der Waals surface area (Å²) in [6.45, 7) is 0.825. The fraction of sp³-hybridized carbons (Fsp3) is 0.471. The van der Waals surface area contributed by atoms with Crippen molar-refractivity contribution in [3.8, 4) is 12.3 Å². The molecule has 1 aromatic rings. The summed E-state index contributed by atoms with van der Waals surface area (Å²) in [5.41, 5.74) is 0.333. The molecule has 0 atom stereocenters. The molecular weight excluding hydrogens is 376 g/mol. The van der Waals surface area contributed by atoms with Gasteiger partial charge >= 0.3 is 0 Å². The van der Waals surface area contributed by atoms with Gasteiger partial charge in [0.15, 0.2) is 5.66 Å². The summed E-state index contributed by atoms with van der Waals surface area (Å²) in [6, 6.07) is 4.66. The monoisotopic (exact) mass is 394 g/mol. The minimum atomic E-state index is -3.28. The van der Waals surface area contributed by atoms with E-state index in [0.717, 1.165) is 0 Å². The van der Waals surface area contributed by atoms with Crippen molar-refractivity contribution in [2.45, 2.75) is 31.3 Å². The lowest BCUT2D eigenvalue weighted by atomic mass is 10.0. The summed E-state index contributed by atoms with van der Waals surface area (Å²) in [7, 11) is -3.28. The first-order chi connectivity index (χ1) is 12.4. The fourth-order valence-electron chi connectivity index (χ4n) is 2.91. The van der Waals surface area contributed by atoms with E-state index < -0.39 is 15.7 Å². The molecule has 3 rings (SSSR count). The van der Waals surface area contributed by atoms with Gasteiger partial charge in [-0.3, -0.25) is 9.10 Å². The number of halogens is 1. The number of carbonyl (C=O) groups is 1. The van der Waals surface area contributed by atoms with Crippen LogP contribution in [-0.4, -0.2) is 38.8 Å². The molecule has 0 radical (unpaired) electrons. The maximum absolute atomic E-state index is 12.3. The number of hydrogen-bond acceptors (Lipinski definition) is 5. The van der Waals surface area contributed by atoms with Gasteiger partial charge in [0.2, 0.25) is 10.0 Å². The highest BCUT2D eigenvalue weighted by Crippen LogP contribution is 2.36. The van der Waals surface area contributed by atoms with Crippen LogP contribution in [0.3, 0.4) is 0 Å². The number of nitrogens with one attached hydrogen (secondary N) is 1. The quantitative estimate of drug-likeness (QED) is 0.720. The average Bonchev–Trinajstić information content (AvgIpc) is 3.27. The van der Waals surface area contributed by atoms with Crippen LogP contribution in [0.1, 0.15) is 36.0 Å². The lowest BCUT2D eigenvalue weighted by Gasteiger charge is -2.18. The second-order valence-corrected chi connectivity index (χ2v) is 8.72. The number of sulfonamides is 1. The van der Waals surface area contributed by atoms with Gasteiger partial charge in [0, 0.05) is 32.4 Å². The van der Waals surface area contributed by atoms with Gasteiger partial charge in [-0.05, 0) is 24.6 Å². The summed E-state index contributed by atoms with van der Waals surface area (Å²) in [5, 5.41) is 11.0. The highest BCUT2D eigenvalue weighted by Gasteiger charge is 2.38. The molecule has 138 valence electrons. The molecule has 0 unspecified atom stereocenters.